The molecular formula is C16H31NO2. The van der Waals surface area contributed by atoms with Crippen LogP contribution in [0, 0.1) is 0 Å². The minimum absolute atomic E-state index is 0.343. The van der Waals surface area contributed by atoms with Gasteiger partial charge in [-0.25, -0.2) is 4.79 Å². The Morgan fingerprint density at radius 1 is 0.895 bits per heavy atom. The molecule has 3 nitrogen and oxygen atoms in total. The number of methoxy groups -OCH3 is 1. The molecule has 3 heteroatoms. The summed E-state index contributed by atoms with van der Waals surface area (Å²) in [6.45, 7) is 4.40. The molecule has 0 amide bonds. The first-order valence-electron chi connectivity index (χ1n) is 7.73. The number of ether oxygens (including phenoxy) is 1. The smallest absolute Gasteiger partial charge is 0.353 e. The Kier molecular flexibility index (Phi) is 11.4. The maximum absolute atomic E-state index is 11.5. The molecular weight excluding hydrogens is 238 g/mol. The number of unbranched alkanes of at least 4 members (excludes halogenated alkanes) is 6. The Morgan fingerprint density at radius 3 is 1.74 bits per heavy atom. The van der Waals surface area contributed by atoms with Crippen molar-refractivity contribution >= 4 is 5.97 Å². The molecule has 0 rings (SSSR count). The van der Waals surface area contributed by atoms with Gasteiger partial charge in [0.25, 0.3) is 0 Å². The predicted molar refractivity (Wildman–Crippen MR) is 80.7 cm³/mol. The van der Waals surface area contributed by atoms with E-state index in [0.717, 1.165) is 31.3 Å². The third kappa shape index (κ3) is 8.68. The normalized spacial score (nSPS) is 10.3. The van der Waals surface area contributed by atoms with Crippen LogP contribution in [0.15, 0.2) is 11.3 Å². The molecule has 0 aromatic rings. The largest absolute Gasteiger partial charge is 0.464 e. The van der Waals surface area contributed by atoms with Gasteiger partial charge in [0.1, 0.15) is 5.70 Å². The van der Waals surface area contributed by atoms with Gasteiger partial charge in [-0.2, -0.15) is 0 Å². The van der Waals surface area contributed by atoms with E-state index in [1.807, 2.05) is 0 Å². The minimum Gasteiger partial charge on any atom is -0.464 e. The van der Waals surface area contributed by atoms with E-state index in [9.17, 15) is 4.79 Å². The highest BCUT2D eigenvalue weighted by atomic mass is 16.5. The number of esters is 1. The molecule has 0 saturated carbocycles. The maximum atomic E-state index is 11.5. The summed E-state index contributed by atoms with van der Waals surface area (Å²) in [6.07, 6.45) is 11.5. The van der Waals surface area contributed by atoms with Crippen molar-refractivity contribution in [3.05, 3.63) is 11.3 Å². The highest BCUT2D eigenvalue weighted by Gasteiger charge is 2.11. The molecule has 0 fully saturated rings. The number of nitrogens with two attached hydrogens (primary N) is 1. The molecule has 0 aliphatic carbocycles. The Bertz CT molecular complexity index is 258. The molecule has 0 aliphatic heterocycles. The van der Waals surface area contributed by atoms with Gasteiger partial charge < -0.3 is 10.5 Å². The van der Waals surface area contributed by atoms with Crippen molar-refractivity contribution in [3.8, 4) is 0 Å². The highest BCUT2D eigenvalue weighted by molar-refractivity contribution is 5.88. The van der Waals surface area contributed by atoms with E-state index in [1.54, 1.807) is 0 Å². The quantitative estimate of drug-likeness (QED) is 0.345. The second-order valence-electron chi connectivity index (χ2n) is 5.13. The molecule has 0 spiro atoms. The van der Waals surface area contributed by atoms with Crippen LogP contribution in [-0.2, 0) is 9.53 Å². The first-order chi connectivity index (χ1) is 9.17. The van der Waals surface area contributed by atoms with Gasteiger partial charge in [-0.1, -0.05) is 52.4 Å². The van der Waals surface area contributed by atoms with Crippen molar-refractivity contribution in [1.82, 2.24) is 0 Å². The SMILES string of the molecule is CCCCCCC(CCCCCC)=C(N)C(=O)OC. The lowest BCUT2D eigenvalue weighted by atomic mass is 9.98. The van der Waals surface area contributed by atoms with E-state index in [0.29, 0.717) is 5.70 Å². The molecule has 19 heavy (non-hydrogen) atoms. The standard InChI is InChI=1S/C16H31NO2/c1-4-6-8-10-12-14(13-11-9-7-5-2)15(17)16(18)19-3/h4-13,17H2,1-3H3. The summed E-state index contributed by atoms with van der Waals surface area (Å²) in [5.41, 5.74) is 7.35. The summed E-state index contributed by atoms with van der Waals surface area (Å²) in [5.74, 6) is -0.374. The summed E-state index contributed by atoms with van der Waals surface area (Å²) in [5, 5.41) is 0. The first-order valence-corrected chi connectivity index (χ1v) is 7.73. The molecule has 2 N–H and O–H groups in total. The van der Waals surface area contributed by atoms with Crippen molar-refractivity contribution in [2.45, 2.75) is 78.1 Å². The molecule has 0 radical (unpaired) electrons. The van der Waals surface area contributed by atoms with Gasteiger partial charge in [0.15, 0.2) is 0 Å². The van der Waals surface area contributed by atoms with E-state index in [4.69, 9.17) is 10.5 Å². The minimum atomic E-state index is -0.374. The van der Waals surface area contributed by atoms with Crippen LogP contribution in [0.3, 0.4) is 0 Å². The first kappa shape index (κ1) is 18.0. The number of allylic oxidation sites excluding steroid dienone is 1. The lowest BCUT2D eigenvalue weighted by Crippen LogP contribution is -2.16. The third-order valence-corrected chi connectivity index (χ3v) is 3.45. The van der Waals surface area contributed by atoms with Gasteiger partial charge in [0.2, 0.25) is 0 Å². The van der Waals surface area contributed by atoms with E-state index in [-0.39, 0.29) is 5.97 Å². The van der Waals surface area contributed by atoms with Gasteiger partial charge in [-0.05, 0) is 31.3 Å². The van der Waals surface area contributed by atoms with Gasteiger partial charge in [-0.3, -0.25) is 0 Å². The summed E-state index contributed by atoms with van der Waals surface area (Å²) >= 11 is 0. The number of hydrogen-bond donors (Lipinski definition) is 1. The zero-order valence-corrected chi connectivity index (χ0v) is 13.0. The summed E-state index contributed by atoms with van der Waals surface area (Å²) < 4.78 is 4.73. The van der Waals surface area contributed by atoms with Crippen LogP contribution in [0.1, 0.15) is 78.1 Å². The zero-order chi connectivity index (χ0) is 14.5. The summed E-state index contributed by atoms with van der Waals surface area (Å²) in [6, 6.07) is 0. The van der Waals surface area contributed by atoms with E-state index < -0.39 is 0 Å². The second kappa shape index (κ2) is 12.1. The molecule has 0 atom stereocenters. The van der Waals surface area contributed by atoms with E-state index >= 15 is 0 Å². The lowest BCUT2D eigenvalue weighted by molar-refractivity contribution is -0.136. The summed E-state index contributed by atoms with van der Waals surface area (Å²) in [4.78, 5) is 11.5. The lowest BCUT2D eigenvalue weighted by Gasteiger charge is -2.11. The Labute approximate surface area is 118 Å². The molecule has 0 unspecified atom stereocenters. The second-order valence-corrected chi connectivity index (χ2v) is 5.13. The number of carbonyl (C=O) groups is 1. The molecule has 0 aliphatic rings. The fourth-order valence-corrected chi connectivity index (χ4v) is 2.18. The summed E-state index contributed by atoms with van der Waals surface area (Å²) in [7, 11) is 1.39. The van der Waals surface area contributed by atoms with Gasteiger partial charge in [0.05, 0.1) is 7.11 Å². The predicted octanol–water partition coefficient (Wildman–Crippen LogP) is 4.31. The molecule has 0 bridgehead atoms. The van der Waals surface area contributed by atoms with Crippen LogP contribution in [0.2, 0.25) is 0 Å². The van der Waals surface area contributed by atoms with Crippen molar-refractivity contribution < 1.29 is 9.53 Å². The van der Waals surface area contributed by atoms with Gasteiger partial charge in [0, 0.05) is 0 Å². The third-order valence-electron chi connectivity index (χ3n) is 3.45. The van der Waals surface area contributed by atoms with Crippen molar-refractivity contribution in [2.75, 3.05) is 7.11 Å². The number of hydrogen-bond acceptors (Lipinski definition) is 3. The molecule has 112 valence electrons. The van der Waals surface area contributed by atoms with E-state index in [1.165, 1.54) is 45.6 Å². The highest BCUT2D eigenvalue weighted by Crippen LogP contribution is 2.19. The number of rotatable bonds is 11. The van der Waals surface area contributed by atoms with Crippen LogP contribution in [0.5, 0.6) is 0 Å². The Hall–Kier alpha value is -0.990. The Balaban J connectivity index is 4.33. The average molecular weight is 269 g/mol. The molecule has 0 aromatic heterocycles. The molecule has 0 aromatic carbocycles. The van der Waals surface area contributed by atoms with Crippen LogP contribution in [0.4, 0.5) is 0 Å². The van der Waals surface area contributed by atoms with Crippen LogP contribution in [0.25, 0.3) is 0 Å². The van der Waals surface area contributed by atoms with Gasteiger partial charge in [-0.15, -0.1) is 0 Å². The van der Waals surface area contributed by atoms with Crippen molar-refractivity contribution in [3.63, 3.8) is 0 Å². The van der Waals surface area contributed by atoms with Crippen LogP contribution in [-0.4, -0.2) is 13.1 Å². The van der Waals surface area contributed by atoms with Crippen LogP contribution < -0.4 is 5.73 Å². The maximum Gasteiger partial charge on any atom is 0.353 e. The molecule has 0 saturated heterocycles. The average Bonchev–Trinajstić information content (AvgIpc) is 2.44. The van der Waals surface area contributed by atoms with E-state index in [2.05, 4.69) is 13.8 Å². The topological polar surface area (TPSA) is 52.3 Å². The monoisotopic (exact) mass is 269 g/mol. The fourth-order valence-electron chi connectivity index (χ4n) is 2.18. The van der Waals surface area contributed by atoms with Crippen LogP contribution >= 0.6 is 0 Å². The molecule has 0 heterocycles. The van der Waals surface area contributed by atoms with Crippen molar-refractivity contribution in [1.29, 1.82) is 0 Å². The fraction of sp³-hybridized carbons (Fsp3) is 0.812. The van der Waals surface area contributed by atoms with Crippen molar-refractivity contribution in [2.24, 2.45) is 5.73 Å². The van der Waals surface area contributed by atoms with Gasteiger partial charge >= 0.3 is 5.97 Å². The number of carbonyl (C=O) groups excluding carboxylic acids is 1. The Morgan fingerprint density at radius 2 is 1.37 bits per heavy atom. The zero-order valence-electron chi connectivity index (χ0n) is 13.0.